The average Bonchev–Trinajstić information content (AvgIpc) is 2.98. The van der Waals surface area contributed by atoms with Crippen LogP contribution in [0.3, 0.4) is 0 Å². The molecule has 2 aromatic rings. The van der Waals surface area contributed by atoms with Crippen molar-refractivity contribution in [3.05, 3.63) is 47.8 Å². The summed E-state index contributed by atoms with van der Waals surface area (Å²) in [6.45, 7) is 1.57. The first-order valence-electron chi connectivity index (χ1n) is 7.36. The molecule has 0 spiro atoms. The van der Waals surface area contributed by atoms with E-state index < -0.39 is 27.9 Å². The van der Waals surface area contributed by atoms with Gasteiger partial charge in [0.05, 0.1) is 11.1 Å². The summed E-state index contributed by atoms with van der Waals surface area (Å²) in [6.07, 6.45) is 3.27. The molecule has 0 saturated heterocycles. The molecule has 134 valence electrons. The van der Waals surface area contributed by atoms with Crippen molar-refractivity contribution in [2.24, 2.45) is 12.8 Å². The molecule has 0 fully saturated rings. The SMILES string of the molecule is C[C@H](NC(=O)c1ccc(S(=O)(=O)NCc2cnn(C)c2)cc1)C(N)=O. The van der Waals surface area contributed by atoms with Gasteiger partial charge < -0.3 is 11.1 Å². The molecule has 1 aromatic heterocycles. The molecule has 2 amide bonds. The van der Waals surface area contributed by atoms with E-state index in [9.17, 15) is 18.0 Å². The van der Waals surface area contributed by atoms with Crippen LogP contribution < -0.4 is 15.8 Å². The van der Waals surface area contributed by atoms with Crippen molar-refractivity contribution in [2.75, 3.05) is 0 Å². The van der Waals surface area contributed by atoms with Crippen LogP contribution in [0, 0.1) is 0 Å². The van der Waals surface area contributed by atoms with Crippen LogP contribution in [0.2, 0.25) is 0 Å². The molecule has 1 aromatic carbocycles. The van der Waals surface area contributed by atoms with Crippen molar-refractivity contribution in [3.63, 3.8) is 0 Å². The molecular formula is C15H19N5O4S. The standard InChI is InChI=1S/C15H19N5O4S/c1-10(14(16)21)19-15(22)12-3-5-13(6-4-12)25(23,24)18-8-11-7-17-20(2)9-11/h3-7,9-10,18H,8H2,1-2H3,(H2,16,21)(H,19,22)/t10-/m0/s1. The number of nitrogens with two attached hydrogens (primary N) is 1. The fraction of sp³-hybridized carbons (Fsp3) is 0.267. The van der Waals surface area contributed by atoms with Gasteiger partial charge in [-0.25, -0.2) is 13.1 Å². The Hall–Kier alpha value is -2.72. The number of benzene rings is 1. The third kappa shape index (κ3) is 4.88. The molecule has 0 radical (unpaired) electrons. The van der Waals surface area contributed by atoms with Crippen molar-refractivity contribution in [1.82, 2.24) is 19.8 Å². The first-order chi connectivity index (χ1) is 11.7. The van der Waals surface area contributed by atoms with E-state index in [2.05, 4.69) is 15.1 Å². The summed E-state index contributed by atoms with van der Waals surface area (Å²) in [6, 6.07) is 4.53. The van der Waals surface area contributed by atoms with E-state index in [0.717, 1.165) is 5.56 Å². The lowest BCUT2D eigenvalue weighted by atomic mass is 10.2. The van der Waals surface area contributed by atoms with Crippen molar-refractivity contribution in [2.45, 2.75) is 24.4 Å². The molecule has 25 heavy (non-hydrogen) atoms. The maximum atomic E-state index is 12.3. The van der Waals surface area contributed by atoms with Crippen LogP contribution in [-0.4, -0.2) is 36.1 Å². The van der Waals surface area contributed by atoms with Gasteiger partial charge in [-0.2, -0.15) is 5.10 Å². The third-order valence-corrected chi connectivity index (χ3v) is 4.84. The zero-order chi connectivity index (χ0) is 18.6. The van der Waals surface area contributed by atoms with Crippen LogP contribution >= 0.6 is 0 Å². The number of carbonyl (C=O) groups excluding carboxylic acids is 2. The summed E-state index contributed by atoms with van der Waals surface area (Å²) in [5, 5.41) is 6.38. The minimum atomic E-state index is -3.72. The van der Waals surface area contributed by atoms with Gasteiger partial charge >= 0.3 is 0 Å². The first-order valence-corrected chi connectivity index (χ1v) is 8.85. The third-order valence-electron chi connectivity index (χ3n) is 3.43. The second kappa shape index (κ2) is 7.45. The largest absolute Gasteiger partial charge is 0.368 e. The van der Waals surface area contributed by atoms with Crippen molar-refractivity contribution in [3.8, 4) is 0 Å². The maximum Gasteiger partial charge on any atom is 0.251 e. The topological polar surface area (TPSA) is 136 Å². The van der Waals surface area contributed by atoms with Crippen LogP contribution in [0.15, 0.2) is 41.6 Å². The van der Waals surface area contributed by atoms with Crippen LogP contribution in [-0.2, 0) is 28.4 Å². The summed E-state index contributed by atoms with van der Waals surface area (Å²) in [4.78, 5) is 22.9. The Labute approximate surface area is 145 Å². The number of amides is 2. The van der Waals surface area contributed by atoms with E-state index in [1.54, 1.807) is 24.1 Å². The van der Waals surface area contributed by atoms with E-state index in [0.29, 0.717) is 0 Å². The predicted molar refractivity (Wildman–Crippen MR) is 89.8 cm³/mol. The van der Waals surface area contributed by atoms with E-state index in [1.165, 1.54) is 31.2 Å². The van der Waals surface area contributed by atoms with E-state index in [4.69, 9.17) is 5.73 Å². The molecule has 0 aliphatic rings. The molecule has 1 heterocycles. The fourth-order valence-corrected chi connectivity index (χ4v) is 2.98. The first kappa shape index (κ1) is 18.6. The van der Waals surface area contributed by atoms with Gasteiger partial charge in [0.25, 0.3) is 5.91 Å². The highest BCUT2D eigenvalue weighted by atomic mass is 32.2. The second-order valence-electron chi connectivity index (χ2n) is 5.47. The Morgan fingerprint density at radius 3 is 2.44 bits per heavy atom. The molecule has 10 heteroatoms. The van der Waals surface area contributed by atoms with Gasteiger partial charge in [-0.05, 0) is 31.2 Å². The van der Waals surface area contributed by atoms with E-state index in [1.807, 2.05) is 0 Å². The lowest BCUT2D eigenvalue weighted by Crippen LogP contribution is -2.42. The van der Waals surface area contributed by atoms with Gasteiger partial charge in [-0.1, -0.05) is 0 Å². The molecule has 0 aliphatic heterocycles. The zero-order valence-electron chi connectivity index (χ0n) is 13.8. The summed E-state index contributed by atoms with van der Waals surface area (Å²) in [5.41, 5.74) is 6.03. The molecule has 0 aliphatic carbocycles. The Balaban J connectivity index is 2.04. The Morgan fingerprint density at radius 1 is 1.28 bits per heavy atom. The predicted octanol–water partition coefficient (Wildman–Crippen LogP) is -0.498. The Bertz CT molecular complexity index is 874. The molecule has 0 bridgehead atoms. The smallest absolute Gasteiger partial charge is 0.251 e. The van der Waals surface area contributed by atoms with Crippen molar-refractivity contribution >= 4 is 21.8 Å². The Kier molecular flexibility index (Phi) is 5.55. The number of sulfonamides is 1. The number of aryl methyl sites for hydroxylation is 1. The van der Waals surface area contributed by atoms with Gasteiger partial charge in [0, 0.05) is 30.9 Å². The molecule has 1 atom stereocenters. The van der Waals surface area contributed by atoms with Crippen molar-refractivity contribution < 1.29 is 18.0 Å². The molecule has 0 saturated carbocycles. The number of rotatable bonds is 7. The molecule has 0 unspecified atom stereocenters. The normalized spacial score (nSPS) is 12.6. The number of hydrogen-bond donors (Lipinski definition) is 3. The van der Waals surface area contributed by atoms with E-state index in [-0.39, 0.29) is 17.0 Å². The average molecular weight is 365 g/mol. The number of carbonyl (C=O) groups is 2. The molecule has 4 N–H and O–H groups in total. The summed E-state index contributed by atoms with van der Waals surface area (Å²) in [7, 11) is -1.98. The van der Waals surface area contributed by atoms with Crippen LogP contribution in [0.1, 0.15) is 22.8 Å². The van der Waals surface area contributed by atoms with Crippen LogP contribution in [0.25, 0.3) is 0 Å². The molecular weight excluding hydrogens is 346 g/mol. The number of hydrogen-bond acceptors (Lipinski definition) is 5. The maximum absolute atomic E-state index is 12.3. The minimum Gasteiger partial charge on any atom is -0.368 e. The van der Waals surface area contributed by atoms with Gasteiger partial charge in [-0.15, -0.1) is 0 Å². The molecule has 9 nitrogen and oxygen atoms in total. The summed E-state index contributed by atoms with van der Waals surface area (Å²) >= 11 is 0. The van der Waals surface area contributed by atoms with Gasteiger partial charge in [-0.3, -0.25) is 14.3 Å². The number of aromatic nitrogens is 2. The van der Waals surface area contributed by atoms with Crippen LogP contribution in [0.5, 0.6) is 0 Å². The van der Waals surface area contributed by atoms with Crippen LogP contribution in [0.4, 0.5) is 0 Å². The van der Waals surface area contributed by atoms with Crippen molar-refractivity contribution in [1.29, 1.82) is 0 Å². The monoisotopic (exact) mass is 365 g/mol. The highest BCUT2D eigenvalue weighted by Crippen LogP contribution is 2.11. The summed E-state index contributed by atoms with van der Waals surface area (Å²) in [5.74, 6) is -1.18. The van der Waals surface area contributed by atoms with E-state index >= 15 is 0 Å². The lowest BCUT2D eigenvalue weighted by Gasteiger charge is -2.10. The van der Waals surface area contributed by atoms with Gasteiger partial charge in [0.2, 0.25) is 15.9 Å². The van der Waals surface area contributed by atoms with Gasteiger partial charge in [0.1, 0.15) is 6.04 Å². The lowest BCUT2D eigenvalue weighted by molar-refractivity contribution is -0.119. The second-order valence-corrected chi connectivity index (χ2v) is 7.24. The number of nitrogens with zero attached hydrogens (tertiary/aromatic N) is 2. The quantitative estimate of drug-likeness (QED) is 0.608. The fourth-order valence-electron chi connectivity index (χ4n) is 1.96. The Morgan fingerprint density at radius 2 is 1.92 bits per heavy atom. The number of nitrogens with one attached hydrogen (secondary N) is 2. The minimum absolute atomic E-state index is 0.0240. The summed E-state index contributed by atoms with van der Waals surface area (Å²) < 4.78 is 28.6. The highest BCUT2D eigenvalue weighted by molar-refractivity contribution is 7.89. The highest BCUT2D eigenvalue weighted by Gasteiger charge is 2.17. The molecule has 2 rings (SSSR count). The van der Waals surface area contributed by atoms with Gasteiger partial charge in [0.15, 0.2) is 0 Å². The zero-order valence-corrected chi connectivity index (χ0v) is 14.6. The number of primary amides is 1.